The maximum atomic E-state index is 12.8. The third kappa shape index (κ3) is 3.56. The summed E-state index contributed by atoms with van der Waals surface area (Å²) in [5.74, 6) is 0.158. The lowest BCUT2D eigenvalue weighted by atomic mass is 9.89. The van der Waals surface area contributed by atoms with Crippen molar-refractivity contribution in [3.8, 4) is 22.4 Å². The summed E-state index contributed by atoms with van der Waals surface area (Å²) in [5.41, 5.74) is 11.1. The monoisotopic (exact) mass is 474 g/mol. The van der Waals surface area contributed by atoms with Crippen molar-refractivity contribution in [3.63, 3.8) is 0 Å². The second-order valence-electron chi connectivity index (χ2n) is 9.38. The van der Waals surface area contributed by atoms with Gasteiger partial charge in [-0.2, -0.15) is 9.61 Å². The molecule has 34 heavy (non-hydrogen) atoms. The van der Waals surface area contributed by atoms with Crippen molar-refractivity contribution < 1.29 is 8.42 Å². The maximum absolute atomic E-state index is 12.8. The van der Waals surface area contributed by atoms with Crippen molar-refractivity contribution in [2.45, 2.75) is 48.6 Å². The number of nitrogens with two attached hydrogens (primary N) is 1. The highest BCUT2D eigenvalue weighted by molar-refractivity contribution is 7.91. The quantitative estimate of drug-likeness (QED) is 0.465. The lowest BCUT2D eigenvalue weighted by molar-refractivity contribution is 0.355. The van der Waals surface area contributed by atoms with E-state index in [0.29, 0.717) is 23.4 Å². The summed E-state index contributed by atoms with van der Waals surface area (Å²) in [5, 5.41) is 8.02. The van der Waals surface area contributed by atoms with Gasteiger partial charge >= 0.3 is 0 Å². The van der Waals surface area contributed by atoms with Crippen molar-refractivity contribution in [3.05, 3.63) is 60.6 Å². The molecule has 0 aliphatic carbocycles. The summed E-state index contributed by atoms with van der Waals surface area (Å²) in [7, 11) is -3.59. The number of nitrogen functional groups attached to an aromatic ring is 1. The maximum Gasteiger partial charge on any atom is 0.180 e. The molecule has 2 fully saturated rings. The lowest BCUT2D eigenvalue weighted by Crippen LogP contribution is -2.38. The highest BCUT2D eigenvalue weighted by atomic mass is 32.2. The fourth-order valence-corrected chi connectivity index (χ4v) is 6.55. The number of rotatable bonds is 4. The van der Waals surface area contributed by atoms with Crippen molar-refractivity contribution >= 4 is 21.3 Å². The van der Waals surface area contributed by atoms with Crippen LogP contribution in [0.3, 0.4) is 0 Å². The van der Waals surface area contributed by atoms with Gasteiger partial charge in [0.05, 0.1) is 17.6 Å². The Morgan fingerprint density at radius 3 is 2.38 bits per heavy atom. The average molecular weight is 475 g/mol. The van der Waals surface area contributed by atoms with Crippen LogP contribution in [0.4, 0.5) is 5.82 Å². The van der Waals surface area contributed by atoms with Crippen LogP contribution in [-0.2, 0) is 9.84 Å². The van der Waals surface area contributed by atoms with E-state index in [1.54, 1.807) is 12.4 Å². The van der Waals surface area contributed by atoms with Crippen LogP contribution in [-0.4, -0.2) is 46.3 Å². The first-order chi connectivity index (χ1) is 16.4. The molecule has 6 rings (SSSR count). The van der Waals surface area contributed by atoms with Gasteiger partial charge < -0.3 is 11.1 Å². The van der Waals surface area contributed by atoms with Crippen molar-refractivity contribution in [2.24, 2.45) is 0 Å². The van der Waals surface area contributed by atoms with Gasteiger partial charge in [0.1, 0.15) is 10.7 Å². The minimum Gasteiger partial charge on any atom is -0.382 e. The number of hydrogen-bond acceptors (Lipinski definition) is 7. The van der Waals surface area contributed by atoms with Crippen LogP contribution < -0.4 is 11.1 Å². The minimum atomic E-state index is -3.59. The molecule has 0 radical (unpaired) electrons. The van der Waals surface area contributed by atoms with Crippen LogP contribution in [0.25, 0.3) is 28.0 Å². The molecular weight excluding hydrogens is 448 g/mol. The van der Waals surface area contributed by atoms with E-state index in [-0.39, 0.29) is 16.6 Å². The molecular formula is C25H26N6O2S. The molecule has 3 aromatic heterocycles. The number of benzene rings is 1. The molecule has 3 atom stereocenters. The molecule has 8 nitrogen and oxygen atoms in total. The Kier molecular flexibility index (Phi) is 4.93. The summed E-state index contributed by atoms with van der Waals surface area (Å²) < 4.78 is 27.0. The summed E-state index contributed by atoms with van der Waals surface area (Å²) in [6, 6.07) is 14.7. The zero-order valence-corrected chi connectivity index (χ0v) is 19.7. The Labute approximate surface area is 198 Å². The molecule has 0 saturated carbocycles. The fraction of sp³-hybridized carbons (Fsp3) is 0.320. The van der Waals surface area contributed by atoms with Gasteiger partial charge in [-0.05, 0) is 31.7 Å². The van der Waals surface area contributed by atoms with Gasteiger partial charge in [0.15, 0.2) is 15.5 Å². The van der Waals surface area contributed by atoms with Crippen LogP contribution in [0, 0.1) is 0 Å². The van der Waals surface area contributed by atoms with E-state index in [2.05, 4.69) is 15.4 Å². The molecule has 174 valence electrons. The molecule has 2 aliphatic heterocycles. The number of nitrogens with zero attached hydrogens (tertiary/aromatic N) is 4. The Morgan fingerprint density at radius 1 is 1.00 bits per heavy atom. The Hall–Kier alpha value is -3.30. The smallest absolute Gasteiger partial charge is 0.180 e. The molecule has 0 spiro atoms. The van der Waals surface area contributed by atoms with Crippen LogP contribution in [0.2, 0.25) is 0 Å². The number of aromatic nitrogens is 4. The largest absolute Gasteiger partial charge is 0.382 e. The molecule has 2 saturated heterocycles. The number of pyridine rings is 1. The first-order valence-electron chi connectivity index (χ1n) is 11.5. The van der Waals surface area contributed by atoms with Gasteiger partial charge in [-0.15, -0.1) is 0 Å². The van der Waals surface area contributed by atoms with Gasteiger partial charge in [0.2, 0.25) is 0 Å². The van der Waals surface area contributed by atoms with Gasteiger partial charge in [0.25, 0.3) is 0 Å². The van der Waals surface area contributed by atoms with Gasteiger partial charge in [-0.25, -0.2) is 13.4 Å². The first kappa shape index (κ1) is 21.2. The number of anilines is 1. The molecule has 4 aromatic rings. The number of hydrogen-bond donors (Lipinski definition) is 2. The van der Waals surface area contributed by atoms with E-state index in [4.69, 9.17) is 10.7 Å². The zero-order chi connectivity index (χ0) is 23.4. The van der Waals surface area contributed by atoms with E-state index in [9.17, 15) is 8.42 Å². The zero-order valence-electron chi connectivity index (χ0n) is 18.8. The Balaban J connectivity index is 1.48. The van der Waals surface area contributed by atoms with Gasteiger partial charge in [0, 0.05) is 47.1 Å². The summed E-state index contributed by atoms with van der Waals surface area (Å²) in [4.78, 5) is 9.67. The van der Waals surface area contributed by atoms with E-state index in [1.165, 1.54) is 10.8 Å². The molecule has 2 unspecified atom stereocenters. The van der Waals surface area contributed by atoms with Crippen LogP contribution in [0.15, 0.2) is 59.8 Å². The van der Waals surface area contributed by atoms with E-state index in [0.717, 1.165) is 48.1 Å². The predicted octanol–water partition coefficient (Wildman–Crippen LogP) is 3.44. The van der Waals surface area contributed by atoms with Crippen LogP contribution in [0.1, 0.15) is 37.3 Å². The number of nitrogens with one attached hydrogen (secondary N) is 1. The number of sulfone groups is 1. The van der Waals surface area contributed by atoms with Gasteiger partial charge in [-0.1, -0.05) is 36.4 Å². The third-order valence-corrected chi connectivity index (χ3v) is 8.20. The summed E-state index contributed by atoms with van der Waals surface area (Å²) in [6.07, 6.45) is 8.62. The molecule has 2 aliphatic rings. The third-order valence-electron chi connectivity index (χ3n) is 7.04. The van der Waals surface area contributed by atoms with Crippen molar-refractivity contribution in [1.82, 2.24) is 24.9 Å². The van der Waals surface area contributed by atoms with Crippen LogP contribution >= 0.6 is 0 Å². The Morgan fingerprint density at radius 2 is 1.74 bits per heavy atom. The molecule has 1 aromatic carbocycles. The van der Waals surface area contributed by atoms with Crippen molar-refractivity contribution in [2.75, 3.05) is 12.0 Å². The lowest BCUT2D eigenvalue weighted by Gasteiger charge is -2.30. The minimum absolute atomic E-state index is 0.0390. The topological polar surface area (TPSA) is 115 Å². The summed E-state index contributed by atoms with van der Waals surface area (Å²) in [6.45, 7) is 0. The molecule has 9 heteroatoms. The number of piperidine rings is 1. The average Bonchev–Trinajstić information content (AvgIpc) is 3.41. The second kappa shape index (κ2) is 7.89. The normalized spacial score (nSPS) is 22.3. The van der Waals surface area contributed by atoms with E-state index in [1.807, 2.05) is 42.5 Å². The SMILES string of the molecule is CS(=O)(=O)c1c(C2CC3CC[C@H](C2)N3)nc2c(-c3ccc(-c4ccccc4)nc3)cnn2c1N. The Bertz CT molecular complexity index is 1470. The first-order valence-corrected chi connectivity index (χ1v) is 13.4. The van der Waals surface area contributed by atoms with E-state index >= 15 is 0 Å². The van der Waals surface area contributed by atoms with Crippen LogP contribution in [0.5, 0.6) is 0 Å². The van der Waals surface area contributed by atoms with Gasteiger partial charge in [-0.3, -0.25) is 4.98 Å². The molecule has 3 N–H and O–H groups in total. The predicted molar refractivity (Wildman–Crippen MR) is 131 cm³/mol. The van der Waals surface area contributed by atoms with E-state index < -0.39 is 9.84 Å². The molecule has 5 heterocycles. The standard InChI is InChI=1S/C25H26N6O2S/c1-34(32,33)23-22(17-11-18-8-9-19(12-17)29-18)30-25-20(14-28-31(25)24(23)26)16-7-10-21(27-13-16)15-5-3-2-4-6-15/h2-7,10,13-14,17-19,29H,8-9,11-12,26H2,1H3/t17?,18-,19?/m1/s1. The fourth-order valence-electron chi connectivity index (χ4n) is 5.49. The molecule has 2 bridgehead atoms. The highest BCUT2D eigenvalue weighted by Gasteiger charge is 2.38. The second-order valence-corrected chi connectivity index (χ2v) is 11.3. The summed E-state index contributed by atoms with van der Waals surface area (Å²) >= 11 is 0. The number of fused-ring (bicyclic) bond motifs is 3. The molecule has 0 amide bonds. The van der Waals surface area contributed by atoms with Crippen molar-refractivity contribution in [1.29, 1.82) is 0 Å². The highest BCUT2D eigenvalue weighted by Crippen LogP contribution is 2.41.